The molecule has 1 aromatic carbocycles. The van der Waals surface area contributed by atoms with Crippen molar-refractivity contribution in [1.82, 2.24) is 0 Å². The van der Waals surface area contributed by atoms with Crippen molar-refractivity contribution in [3.05, 3.63) is 29.3 Å². The Kier molecular flexibility index (Phi) is 4.73. The maximum atomic E-state index is 9.25. The number of aliphatic hydroxyl groups excluding tert-OH is 2. The molecule has 1 aromatic rings. The maximum Gasteiger partial charge on any atom is 0.119 e. The van der Waals surface area contributed by atoms with Gasteiger partial charge >= 0.3 is 0 Å². The Balaban J connectivity index is 2.34. The molecule has 0 aliphatic carbocycles. The zero-order chi connectivity index (χ0) is 10.4. The van der Waals surface area contributed by atoms with Crippen LogP contribution in [-0.4, -0.2) is 29.5 Å². The average molecular weight is 217 g/mol. The van der Waals surface area contributed by atoms with Crippen LogP contribution in [0.1, 0.15) is 6.42 Å². The van der Waals surface area contributed by atoms with Crippen molar-refractivity contribution in [3.8, 4) is 5.75 Å². The molecule has 0 aromatic heterocycles. The van der Waals surface area contributed by atoms with Crippen molar-refractivity contribution in [1.29, 1.82) is 0 Å². The largest absolute Gasteiger partial charge is 0.491 e. The Hall–Kier alpha value is -0.770. The van der Waals surface area contributed by atoms with Gasteiger partial charge in [0.1, 0.15) is 12.4 Å². The molecule has 78 valence electrons. The molecular weight excluding hydrogens is 204 g/mol. The van der Waals surface area contributed by atoms with Gasteiger partial charge in [0.25, 0.3) is 0 Å². The summed E-state index contributed by atoms with van der Waals surface area (Å²) in [5.74, 6) is 0.659. The number of benzene rings is 1. The molecule has 0 fully saturated rings. The topological polar surface area (TPSA) is 49.7 Å². The van der Waals surface area contributed by atoms with Crippen LogP contribution in [0.3, 0.4) is 0 Å². The van der Waals surface area contributed by atoms with Crippen molar-refractivity contribution in [2.24, 2.45) is 0 Å². The lowest BCUT2D eigenvalue weighted by molar-refractivity contribution is 0.0822. The Morgan fingerprint density at radius 1 is 1.29 bits per heavy atom. The van der Waals surface area contributed by atoms with Gasteiger partial charge in [0.15, 0.2) is 0 Å². The van der Waals surface area contributed by atoms with Crippen LogP contribution in [0.15, 0.2) is 24.3 Å². The van der Waals surface area contributed by atoms with Crippen molar-refractivity contribution >= 4 is 11.6 Å². The van der Waals surface area contributed by atoms with E-state index in [-0.39, 0.29) is 13.2 Å². The van der Waals surface area contributed by atoms with Gasteiger partial charge in [-0.05, 0) is 30.7 Å². The van der Waals surface area contributed by atoms with E-state index in [4.69, 9.17) is 21.4 Å². The van der Waals surface area contributed by atoms with E-state index in [9.17, 15) is 5.11 Å². The van der Waals surface area contributed by atoms with Crippen molar-refractivity contribution in [3.63, 3.8) is 0 Å². The van der Waals surface area contributed by atoms with Crippen molar-refractivity contribution < 1.29 is 14.9 Å². The van der Waals surface area contributed by atoms with Crippen LogP contribution < -0.4 is 4.74 Å². The first-order valence-electron chi connectivity index (χ1n) is 4.39. The lowest BCUT2D eigenvalue weighted by atomic mass is 10.3. The summed E-state index contributed by atoms with van der Waals surface area (Å²) in [6, 6.07) is 6.90. The summed E-state index contributed by atoms with van der Waals surface area (Å²) in [5, 5.41) is 18.4. The molecule has 0 saturated carbocycles. The van der Waals surface area contributed by atoms with Gasteiger partial charge < -0.3 is 14.9 Å². The predicted octanol–water partition coefficient (Wildman–Crippen LogP) is 1.46. The highest BCUT2D eigenvalue weighted by molar-refractivity contribution is 6.30. The van der Waals surface area contributed by atoms with Gasteiger partial charge in [-0.15, -0.1) is 0 Å². The average Bonchev–Trinajstić information content (AvgIpc) is 2.17. The van der Waals surface area contributed by atoms with Gasteiger partial charge in [-0.25, -0.2) is 0 Å². The van der Waals surface area contributed by atoms with Gasteiger partial charge in [0.2, 0.25) is 0 Å². The summed E-state index contributed by atoms with van der Waals surface area (Å²) in [6.45, 7) is 0.146. The second-order valence-corrected chi connectivity index (χ2v) is 3.37. The molecule has 1 rings (SSSR count). The molecular formula is C10H13ClO3. The van der Waals surface area contributed by atoms with Crippen LogP contribution in [0, 0.1) is 0 Å². The molecule has 0 saturated heterocycles. The minimum absolute atomic E-state index is 0.0366. The van der Waals surface area contributed by atoms with E-state index < -0.39 is 6.10 Å². The smallest absolute Gasteiger partial charge is 0.119 e. The van der Waals surface area contributed by atoms with Gasteiger partial charge in [-0.1, -0.05) is 11.6 Å². The minimum Gasteiger partial charge on any atom is -0.491 e. The Morgan fingerprint density at radius 2 is 1.93 bits per heavy atom. The van der Waals surface area contributed by atoms with E-state index in [0.717, 1.165) is 0 Å². The van der Waals surface area contributed by atoms with E-state index in [1.54, 1.807) is 24.3 Å². The third-order valence-corrected chi connectivity index (χ3v) is 1.97. The molecule has 0 amide bonds. The third-order valence-electron chi connectivity index (χ3n) is 1.72. The highest BCUT2D eigenvalue weighted by Crippen LogP contribution is 2.15. The van der Waals surface area contributed by atoms with Gasteiger partial charge in [-0.2, -0.15) is 0 Å². The molecule has 0 aliphatic rings. The second-order valence-electron chi connectivity index (χ2n) is 2.93. The molecule has 14 heavy (non-hydrogen) atoms. The molecule has 1 unspecified atom stereocenters. The molecule has 0 radical (unpaired) electrons. The second kappa shape index (κ2) is 5.86. The summed E-state index contributed by atoms with van der Waals surface area (Å²) in [5.41, 5.74) is 0. The van der Waals surface area contributed by atoms with Crippen LogP contribution in [0.4, 0.5) is 0 Å². The summed E-state index contributed by atoms with van der Waals surface area (Å²) >= 11 is 5.69. The van der Waals surface area contributed by atoms with Gasteiger partial charge in [0, 0.05) is 11.6 Å². The van der Waals surface area contributed by atoms with Crippen molar-refractivity contribution in [2.75, 3.05) is 13.2 Å². The molecule has 3 nitrogen and oxygen atoms in total. The quantitative estimate of drug-likeness (QED) is 0.784. The summed E-state index contributed by atoms with van der Waals surface area (Å²) in [6.07, 6.45) is -0.302. The minimum atomic E-state index is -0.629. The number of rotatable bonds is 5. The zero-order valence-corrected chi connectivity index (χ0v) is 8.44. The SMILES string of the molecule is OCCC(O)COc1ccc(Cl)cc1. The highest BCUT2D eigenvalue weighted by atomic mass is 35.5. The van der Waals surface area contributed by atoms with Gasteiger partial charge in [-0.3, -0.25) is 0 Å². The van der Waals surface area contributed by atoms with Crippen LogP contribution in [-0.2, 0) is 0 Å². The van der Waals surface area contributed by atoms with Crippen LogP contribution in [0.25, 0.3) is 0 Å². The fourth-order valence-corrected chi connectivity index (χ4v) is 1.08. The fourth-order valence-electron chi connectivity index (χ4n) is 0.956. The van der Waals surface area contributed by atoms with E-state index in [1.165, 1.54) is 0 Å². The standard InChI is InChI=1S/C10H13ClO3/c11-8-1-3-10(4-2-8)14-7-9(13)5-6-12/h1-4,9,12-13H,5-7H2. The summed E-state index contributed by atoms with van der Waals surface area (Å²) in [7, 11) is 0. The number of hydrogen-bond donors (Lipinski definition) is 2. The Bertz CT molecular complexity index is 261. The zero-order valence-electron chi connectivity index (χ0n) is 7.69. The predicted molar refractivity (Wildman–Crippen MR) is 54.7 cm³/mol. The number of ether oxygens (including phenoxy) is 1. The first-order chi connectivity index (χ1) is 6.72. The molecule has 0 heterocycles. The van der Waals surface area contributed by atoms with Crippen LogP contribution in [0.5, 0.6) is 5.75 Å². The number of aliphatic hydroxyl groups is 2. The van der Waals surface area contributed by atoms with E-state index >= 15 is 0 Å². The maximum absolute atomic E-state index is 9.25. The number of halogens is 1. The van der Waals surface area contributed by atoms with E-state index in [0.29, 0.717) is 17.2 Å². The molecule has 0 spiro atoms. The molecule has 0 bridgehead atoms. The third kappa shape index (κ3) is 3.96. The Labute approximate surface area is 87.9 Å². The van der Waals surface area contributed by atoms with E-state index in [1.807, 2.05) is 0 Å². The molecule has 2 N–H and O–H groups in total. The Morgan fingerprint density at radius 3 is 2.50 bits per heavy atom. The lowest BCUT2D eigenvalue weighted by Gasteiger charge is -2.10. The van der Waals surface area contributed by atoms with E-state index in [2.05, 4.69) is 0 Å². The van der Waals surface area contributed by atoms with Crippen LogP contribution >= 0.6 is 11.6 Å². The lowest BCUT2D eigenvalue weighted by Crippen LogP contribution is -2.18. The first-order valence-corrected chi connectivity index (χ1v) is 4.77. The van der Waals surface area contributed by atoms with Crippen molar-refractivity contribution in [2.45, 2.75) is 12.5 Å². The van der Waals surface area contributed by atoms with Crippen LogP contribution in [0.2, 0.25) is 5.02 Å². The van der Waals surface area contributed by atoms with Gasteiger partial charge in [0.05, 0.1) is 6.10 Å². The molecule has 1 atom stereocenters. The fraction of sp³-hybridized carbons (Fsp3) is 0.400. The number of hydrogen-bond acceptors (Lipinski definition) is 3. The summed E-state index contributed by atoms with van der Waals surface area (Å²) < 4.78 is 5.26. The monoisotopic (exact) mass is 216 g/mol. The first kappa shape index (κ1) is 11.3. The summed E-state index contributed by atoms with van der Waals surface area (Å²) in [4.78, 5) is 0. The normalized spacial score (nSPS) is 12.5. The molecule has 4 heteroatoms. The molecule has 0 aliphatic heterocycles. The highest BCUT2D eigenvalue weighted by Gasteiger charge is 2.03.